The van der Waals surface area contributed by atoms with Gasteiger partial charge in [0.2, 0.25) is 0 Å². The van der Waals surface area contributed by atoms with Crippen molar-refractivity contribution in [2.75, 3.05) is 5.32 Å². The highest BCUT2D eigenvalue weighted by atomic mass is 16.4. The van der Waals surface area contributed by atoms with Crippen molar-refractivity contribution in [3.05, 3.63) is 53.5 Å². The SMILES string of the molecule is O=C(O)C(Nc1ncnc2c1CCC2)c1ccccc1. The van der Waals surface area contributed by atoms with E-state index in [1.807, 2.05) is 18.2 Å². The summed E-state index contributed by atoms with van der Waals surface area (Å²) in [6, 6.07) is 8.33. The summed E-state index contributed by atoms with van der Waals surface area (Å²) in [6.45, 7) is 0. The number of carbonyl (C=O) groups is 1. The van der Waals surface area contributed by atoms with Gasteiger partial charge >= 0.3 is 5.97 Å². The minimum Gasteiger partial charge on any atom is -0.479 e. The van der Waals surface area contributed by atoms with Crippen molar-refractivity contribution in [1.29, 1.82) is 0 Å². The Morgan fingerprint density at radius 2 is 2.00 bits per heavy atom. The number of anilines is 1. The quantitative estimate of drug-likeness (QED) is 0.890. The molecule has 1 atom stereocenters. The van der Waals surface area contributed by atoms with Gasteiger partial charge in [0.05, 0.1) is 0 Å². The first-order valence-corrected chi connectivity index (χ1v) is 6.63. The first-order chi connectivity index (χ1) is 9.75. The van der Waals surface area contributed by atoms with Gasteiger partial charge in [-0.1, -0.05) is 30.3 Å². The predicted molar refractivity (Wildman–Crippen MR) is 74.5 cm³/mol. The highest BCUT2D eigenvalue weighted by molar-refractivity contribution is 5.79. The smallest absolute Gasteiger partial charge is 0.330 e. The molecule has 20 heavy (non-hydrogen) atoms. The summed E-state index contributed by atoms with van der Waals surface area (Å²) < 4.78 is 0. The zero-order valence-electron chi connectivity index (χ0n) is 10.9. The average molecular weight is 269 g/mol. The molecule has 2 aromatic rings. The lowest BCUT2D eigenvalue weighted by Crippen LogP contribution is -2.22. The fraction of sp³-hybridized carbons (Fsp3) is 0.267. The van der Waals surface area contributed by atoms with Crippen LogP contribution in [-0.2, 0) is 17.6 Å². The van der Waals surface area contributed by atoms with Gasteiger partial charge in [-0.25, -0.2) is 14.8 Å². The first kappa shape index (κ1) is 12.6. The lowest BCUT2D eigenvalue weighted by atomic mass is 10.1. The van der Waals surface area contributed by atoms with Crippen molar-refractivity contribution in [3.8, 4) is 0 Å². The van der Waals surface area contributed by atoms with E-state index in [9.17, 15) is 9.90 Å². The Labute approximate surface area is 116 Å². The molecule has 0 bridgehead atoms. The number of hydrogen-bond acceptors (Lipinski definition) is 4. The van der Waals surface area contributed by atoms with Crippen molar-refractivity contribution >= 4 is 11.8 Å². The second-order valence-corrected chi connectivity index (χ2v) is 4.83. The molecule has 0 spiro atoms. The number of benzene rings is 1. The van der Waals surface area contributed by atoms with Crippen LogP contribution in [-0.4, -0.2) is 21.0 Å². The topological polar surface area (TPSA) is 75.1 Å². The molecule has 0 radical (unpaired) electrons. The predicted octanol–water partition coefficient (Wildman–Crippen LogP) is 2.20. The third-order valence-electron chi connectivity index (χ3n) is 3.54. The summed E-state index contributed by atoms with van der Waals surface area (Å²) in [5, 5.41) is 12.5. The van der Waals surface area contributed by atoms with Gasteiger partial charge < -0.3 is 10.4 Å². The maximum atomic E-state index is 11.5. The number of aliphatic carboxylic acids is 1. The molecule has 0 amide bonds. The van der Waals surface area contributed by atoms with Gasteiger partial charge in [-0.2, -0.15) is 0 Å². The standard InChI is InChI=1S/C15H15N3O2/c19-15(20)13(10-5-2-1-3-6-10)18-14-11-7-4-8-12(11)16-9-17-14/h1-3,5-6,9,13H,4,7-8H2,(H,19,20)(H,16,17,18). The van der Waals surface area contributed by atoms with Crippen LogP contribution in [0, 0.1) is 0 Å². The van der Waals surface area contributed by atoms with E-state index in [4.69, 9.17) is 0 Å². The molecule has 0 saturated carbocycles. The highest BCUT2D eigenvalue weighted by Gasteiger charge is 2.23. The normalized spacial score (nSPS) is 14.6. The molecule has 0 fully saturated rings. The van der Waals surface area contributed by atoms with Gasteiger partial charge in [0.15, 0.2) is 6.04 Å². The molecule has 102 valence electrons. The minimum atomic E-state index is -0.915. The zero-order valence-corrected chi connectivity index (χ0v) is 10.9. The van der Waals surface area contributed by atoms with Gasteiger partial charge in [0.25, 0.3) is 0 Å². The Balaban J connectivity index is 1.92. The molecule has 0 saturated heterocycles. The largest absolute Gasteiger partial charge is 0.479 e. The molecule has 5 heteroatoms. The maximum Gasteiger partial charge on any atom is 0.330 e. The molecule has 2 N–H and O–H groups in total. The Hall–Kier alpha value is -2.43. The van der Waals surface area contributed by atoms with Gasteiger partial charge in [0, 0.05) is 11.3 Å². The Bertz CT molecular complexity index is 628. The van der Waals surface area contributed by atoms with Gasteiger partial charge in [-0.3, -0.25) is 0 Å². The second kappa shape index (κ2) is 5.28. The molecule has 1 aromatic carbocycles. The number of aromatic nitrogens is 2. The number of nitrogens with zero attached hydrogens (tertiary/aromatic N) is 2. The molecule has 5 nitrogen and oxygen atoms in total. The first-order valence-electron chi connectivity index (χ1n) is 6.63. The molecule has 1 unspecified atom stereocenters. The average Bonchev–Trinajstić information content (AvgIpc) is 2.94. The fourth-order valence-electron chi connectivity index (χ4n) is 2.55. The van der Waals surface area contributed by atoms with Crippen molar-refractivity contribution in [2.24, 2.45) is 0 Å². The van der Waals surface area contributed by atoms with E-state index >= 15 is 0 Å². The van der Waals surface area contributed by atoms with Crippen LogP contribution < -0.4 is 5.32 Å². The zero-order chi connectivity index (χ0) is 13.9. The van der Waals surface area contributed by atoms with Crippen LogP contribution in [0.5, 0.6) is 0 Å². The van der Waals surface area contributed by atoms with E-state index in [2.05, 4.69) is 15.3 Å². The van der Waals surface area contributed by atoms with E-state index in [1.165, 1.54) is 6.33 Å². The van der Waals surface area contributed by atoms with Crippen molar-refractivity contribution in [2.45, 2.75) is 25.3 Å². The van der Waals surface area contributed by atoms with E-state index in [1.54, 1.807) is 12.1 Å². The summed E-state index contributed by atoms with van der Waals surface area (Å²) in [4.78, 5) is 20.0. The van der Waals surface area contributed by atoms with Crippen molar-refractivity contribution in [1.82, 2.24) is 9.97 Å². The monoisotopic (exact) mass is 269 g/mol. The molecular formula is C15H15N3O2. The van der Waals surface area contributed by atoms with E-state index in [0.29, 0.717) is 11.4 Å². The summed E-state index contributed by atoms with van der Waals surface area (Å²) >= 11 is 0. The van der Waals surface area contributed by atoms with Crippen LogP contribution in [0.1, 0.15) is 29.3 Å². The molecular weight excluding hydrogens is 254 g/mol. The number of hydrogen-bond donors (Lipinski definition) is 2. The molecule has 1 aliphatic rings. The lowest BCUT2D eigenvalue weighted by molar-refractivity contribution is -0.138. The van der Waals surface area contributed by atoms with E-state index < -0.39 is 12.0 Å². The number of rotatable bonds is 4. The minimum absolute atomic E-state index is 0.642. The molecule has 1 aliphatic carbocycles. The fourth-order valence-corrected chi connectivity index (χ4v) is 2.55. The maximum absolute atomic E-state index is 11.5. The van der Waals surface area contributed by atoms with Crippen LogP contribution in [0.2, 0.25) is 0 Å². The second-order valence-electron chi connectivity index (χ2n) is 4.83. The van der Waals surface area contributed by atoms with Crippen LogP contribution in [0.4, 0.5) is 5.82 Å². The third-order valence-corrected chi connectivity index (χ3v) is 3.54. The molecule has 0 aliphatic heterocycles. The summed E-state index contributed by atoms with van der Waals surface area (Å²) in [5.41, 5.74) is 2.79. The van der Waals surface area contributed by atoms with Crippen LogP contribution in [0.3, 0.4) is 0 Å². The number of aryl methyl sites for hydroxylation is 1. The number of carboxylic acids is 1. The Morgan fingerprint density at radius 1 is 1.20 bits per heavy atom. The van der Waals surface area contributed by atoms with Crippen molar-refractivity contribution in [3.63, 3.8) is 0 Å². The van der Waals surface area contributed by atoms with Crippen LogP contribution in [0.15, 0.2) is 36.7 Å². The highest BCUT2D eigenvalue weighted by Crippen LogP contribution is 2.28. The Morgan fingerprint density at radius 3 is 2.75 bits per heavy atom. The van der Waals surface area contributed by atoms with Crippen molar-refractivity contribution < 1.29 is 9.90 Å². The summed E-state index contributed by atoms with van der Waals surface area (Å²) in [7, 11) is 0. The number of nitrogens with one attached hydrogen (secondary N) is 1. The van der Waals surface area contributed by atoms with E-state index in [0.717, 1.165) is 30.5 Å². The van der Waals surface area contributed by atoms with E-state index in [-0.39, 0.29) is 0 Å². The summed E-state index contributed by atoms with van der Waals surface area (Å²) in [5.74, 6) is -0.273. The van der Waals surface area contributed by atoms with Gasteiger partial charge in [-0.15, -0.1) is 0 Å². The third kappa shape index (κ3) is 2.34. The van der Waals surface area contributed by atoms with Gasteiger partial charge in [0.1, 0.15) is 12.1 Å². The molecule has 1 heterocycles. The van der Waals surface area contributed by atoms with Crippen LogP contribution >= 0.6 is 0 Å². The Kier molecular flexibility index (Phi) is 3.33. The molecule has 3 rings (SSSR count). The van der Waals surface area contributed by atoms with Crippen LogP contribution in [0.25, 0.3) is 0 Å². The number of carboxylic acid groups (broad SMARTS) is 1. The summed E-state index contributed by atoms with van der Waals surface area (Å²) in [6.07, 6.45) is 4.39. The molecule has 1 aromatic heterocycles. The van der Waals surface area contributed by atoms with Gasteiger partial charge in [-0.05, 0) is 24.8 Å². The lowest BCUT2D eigenvalue weighted by Gasteiger charge is -2.17. The number of fused-ring (bicyclic) bond motifs is 1.